The van der Waals surface area contributed by atoms with Crippen LogP contribution in [0.15, 0.2) is 48.2 Å². The minimum atomic E-state index is -0.854. The Morgan fingerprint density at radius 2 is 1.65 bits per heavy atom. The molecule has 31 heavy (non-hydrogen) atoms. The zero-order chi connectivity index (χ0) is 22.5. The molecule has 0 fully saturated rings. The zero-order valence-electron chi connectivity index (χ0n) is 17.5. The molecule has 3 rings (SSSR count). The van der Waals surface area contributed by atoms with Crippen molar-refractivity contribution in [1.82, 2.24) is 0 Å². The van der Waals surface area contributed by atoms with Crippen LogP contribution in [0.3, 0.4) is 0 Å². The van der Waals surface area contributed by atoms with Gasteiger partial charge in [-0.05, 0) is 48.4 Å². The summed E-state index contributed by atoms with van der Waals surface area (Å²) < 4.78 is 15.6. The van der Waals surface area contributed by atoms with Gasteiger partial charge < -0.3 is 19.3 Å². The third kappa shape index (κ3) is 4.23. The quantitative estimate of drug-likeness (QED) is 0.392. The molecule has 8 heteroatoms. The first-order valence-corrected chi connectivity index (χ1v) is 9.74. The van der Waals surface area contributed by atoms with Crippen LogP contribution in [0, 0.1) is 0 Å². The fourth-order valence-electron chi connectivity index (χ4n) is 3.14. The van der Waals surface area contributed by atoms with Crippen LogP contribution in [-0.2, 0) is 14.3 Å². The number of aliphatic hydroxyl groups is 1. The normalized spacial score (nSPS) is 13.6. The number of nitrogens with zero attached hydrogens (tertiary/aromatic N) is 1. The van der Waals surface area contributed by atoms with Crippen LogP contribution in [0.1, 0.15) is 35.7 Å². The van der Waals surface area contributed by atoms with Crippen molar-refractivity contribution in [1.29, 1.82) is 0 Å². The highest BCUT2D eigenvalue weighted by molar-refractivity contribution is 6.44. The molecular formula is C23H23NO7. The number of ether oxygens (including phenoxy) is 3. The molecule has 0 spiro atoms. The van der Waals surface area contributed by atoms with Gasteiger partial charge in [0.15, 0.2) is 17.3 Å². The maximum Gasteiger partial charge on any atom is 0.338 e. The number of esters is 1. The predicted octanol–water partition coefficient (Wildman–Crippen LogP) is 3.50. The van der Waals surface area contributed by atoms with Crippen LogP contribution >= 0.6 is 0 Å². The second kappa shape index (κ2) is 9.34. The van der Waals surface area contributed by atoms with Gasteiger partial charge in [0.25, 0.3) is 5.91 Å². The van der Waals surface area contributed by atoms with Crippen molar-refractivity contribution in [2.45, 2.75) is 19.8 Å². The van der Waals surface area contributed by atoms with Crippen LogP contribution < -0.4 is 14.4 Å². The number of rotatable bonds is 8. The number of hydrogen-bond acceptors (Lipinski definition) is 7. The van der Waals surface area contributed by atoms with E-state index in [4.69, 9.17) is 14.2 Å². The summed E-state index contributed by atoms with van der Waals surface area (Å²) in [5.41, 5.74) is 0.694. The molecule has 2 aromatic rings. The van der Waals surface area contributed by atoms with Gasteiger partial charge in [-0.3, -0.25) is 9.59 Å². The number of imide groups is 1. The van der Waals surface area contributed by atoms with Gasteiger partial charge in [-0.25, -0.2) is 9.69 Å². The van der Waals surface area contributed by atoms with E-state index in [9.17, 15) is 19.5 Å². The lowest BCUT2D eigenvalue weighted by molar-refractivity contribution is -0.121. The second-order valence-corrected chi connectivity index (χ2v) is 6.78. The lowest BCUT2D eigenvalue weighted by atomic mass is 10.0. The standard InChI is InChI=1S/C23H23NO7/c1-4-5-12-31-23(28)14-6-9-16(10-7-14)24-21(26)19(20(25)22(24)27)15-8-11-17(29-2)18(13-15)30-3/h6-11,13,25H,4-5,12H2,1-3H3. The summed E-state index contributed by atoms with van der Waals surface area (Å²) >= 11 is 0. The van der Waals surface area contributed by atoms with Gasteiger partial charge in [0.2, 0.25) is 0 Å². The number of unbranched alkanes of at least 4 members (excludes halogenated alkanes) is 1. The van der Waals surface area contributed by atoms with Crippen LogP contribution in [0.5, 0.6) is 11.5 Å². The minimum Gasteiger partial charge on any atom is -0.502 e. The van der Waals surface area contributed by atoms with Gasteiger partial charge in [0.1, 0.15) is 0 Å². The molecule has 1 heterocycles. The number of amides is 2. The Bertz CT molecular complexity index is 1040. The summed E-state index contributed by atoms with van der Waals surface area (Å²) in [5, 5.41) is 10.4. The smallest absolute Gasteiger partial charge is 0.338 e. The van der Waals surface area contributed by atoms with Crippen molar-refractivity contribution in [2.24, 2.45) is 0 Å². The molecule has 8 nitrogen and oxygen atoms in total. The molecule has 0 atom stereocenters. The molecule has 1 aliphatic heterocycles. The SMILES string of the molecule is CCCCOC(=O)c1ccc(N2C(=O)C(O)=C(c3ccc(OC)c(OC)c3)C2=O)cc1. The highest BCUT2D eigenvalue weighted by Gasteiger charge is 2.40. The van der Waals surface area contributed by atoms with Gasteiger partial charge in [-0.1, -0.05) is 19.4 Å². The summed E-state index contributed by atoms with van der Waals surface area (Å²) in [6.45, 7) is 2.32. The molecule has 0 aromatic heterocycles. The number of carbonyl (C=O) groups excluding carboxylic acids is 3. The molecule has 1 N–H and O–H groups in total. The molecular weight excluding hydrogens is 402 g/mol. The average molecular weight is 425 g/mol. The van der Waals surface area contributed by atoms with Crippen molar-refractivity contribution in [3.05, 3.63) is 59.4 Å². The molecule has 0 unspecified atom stereocenters. The summed E-state index contributed by atoms with van der Waals surface area (Å²) in [7, 11) is 2.92. The van der Waals surface area contributed by atoms with Crippen LogP contribution in [0.25, 0.3) is 5.57 Å². The lowest BCUT2D eigenvalue weighted by Gasteiger charge is -2.15. The van der Waals surface area contributed by atoms with E-state index in [1.165, 1.54) is 44.6 Å². The summed E-state index contributed by atoms with van der Waals surface area (Å²) in [5.74, 6) is -1.89. The Morgan fingerprint density at radius 3 is 2.26 bits per heavy atom. The van der Waals surface area contributed by atoms with E-state index >= 15 is 0 Å². The minimum absolute atomic E-state index is 0.144. The molecule has 0 saturated carbocycles. The Kier molecular flexibility index (Phi) is 6.59. The third-order valence-electron chi connectivity index (χ3n) is 4.82. The summed E-state index contributed by atoms with van der Waals surface area (Å²) in [6.07, 6.45) is 1.68. The van der Waals surface area contributed by atoms with Crippen molar-refractivity contribution < 1.29 is 33.7 Å². The van der Waals surface area contributed by atoms with E-state index < -0.39 is 23.5 Å². The Morgan fingerprint density at radius 1 is 0.968 bits per heavy atom. The van der Waals surface area contributed by atoms with Gasteiger partial charge in [-0.2, -0.15) is 0 Å². The fourth-order valence-corrected chi connectivity index (χ4v) is 3.14. The van der Waals surface area contributed by atoms with Crippen LogP contribution in [0.2, 0.25) is 0 Å². The van der Waals surface area contributed by atoms with E-state index in [2.05, 4.69) is 0 Å². The molecule has 2 amide bonds. The highest BCUT2D eigenvalue weighted by Crippen LogP contribution is 2.36. The third-order valence-corrected chi connectivity index (χ3v) is 4.82. The van der Waals surface area contributed by atoms with E-state index in [0.717, 1.165) is 17.7 Å². The molecule has 0 bridgehead atoms. The zero-order valence-corrected chi connectivity index (χ0v) is 17.5. The molecule has 0 radical (unpaired) electrons. The molecule has 0 aliphatic carbocycles. The Labute approximate surface area is 179 Å². The first kappa shape index (κ1) is 21.9. The van der Waals surface area contributed by atoms with Crippen LogP contribution in [-0.4, -0.2) is 43.7 Å². The molecule has 0 saturated heterocycles. The molecule has 1 aliphatic rings. The number of methoxy groups -OCH3 is 2. The van der Waals surface area contributed by atoms with Gasteiger partial charge in [-0.15, -0.1) is 0 Å². The maximum absolute atomic E-state index is 13.0. The lowest BCUT2D eigenvalue weighted by Crippen LogP contribution is -2.31. The summed E-state index contributed by atoms with van der Waals surface area (Å²) in [6, 6.07) is 10.5. The van der Waals surface area contributed by atoms with Crippen LogP contribution in [0.4, 0.5) is 5.69 Å². The Hall–Kier alpha value is -3.81. The monoisotopic (exact) mass is 425 g/mol. The van der Waals surface area contributed by atoms with Crippen molar-refractivity contribution >= 4 is 29.0 Å². The van der Waals surface area contributed by atoms with Crippen molar-refractivity contribution in [3.8, 4) is 11.5 Å². The van der Waals surface area contributed by atoms with Crippen molar-refractivity contribution in [2.75, 3.05) is 25.7 Å². The van der Waals surface area contributed by atoms with E-state index in [0.29, 0.717) is 29.2 Å². The highest BCUT2D eigenvalue weighted by atomic mass is 16.5. The van der Waals surface area contributed by atoms with Gasteiger partial charge in [0.05, 0.1) is 37.7 Å². The van der Waals surface area contributed by atoms with Crippen molar-refractivity contribution in [3.63, 3.8) is 0 Å². The second-order valence-electron chi connectivity index (χ2n) is 6.78. The van der Waals surface area contributed by atoms with E-state index in [-0.39, 0.29) is 11.3 Å². The van der Waals surface area contributed by atoms with E-state index in [1.807, 2.05) is 6.92 Å². The maximum atomic E-state index is 13.0. The first-order chi connectivity index (χ1) is 14.9. The topological polar surface area (TPSA) is 102 Å². The number of anilines is 1. The molecule has 2 aromatic carbocycles. The fraction of sp³-hybridized carbons (Fsp3) is 0.261. The van der Waals surface area contributed by atoms with E-state index in [1.54, 1.807) is 12.1 Å². The number of carbonyl (C=O) groups is 3. The van der Waals surface area contributed by atoms with Gasteiger partial charge >= 0.3 is 11.9 Å². The van der Waals surface area contributed by atoms with Gasteiger partial charge in [0, 0.05) is 0 Å². The summed E-state index contributed by atoms with van der Waals surface area (Å²) in [4.78, 5) is 38.5. The largest absolute Gasteiger partial charge is 0.502 e. The average Bonchev–Trinajstić information content (AvgIpc) is 3.01. The Balaban J connectivity index is 1.85. The number of aliphatic hydroxyl groups excluding tert-OH is 1. The predicted molar refractivity (Wildman–Crippen MR) is 113 cm³/mol. The first-order valence-electron chi connectivity index (χ1n) is 9.74. The number of hydrogen-bond donors (Lipinski definition) is 1. The molecule has 162 valence electrons. The number of benzene rings is 2.